The fraction of sp³-hybridized carbons (Fsp3) is 0.333. The van der Waals surface area contributed by atoms with E-state index in [4.69, 9.17) is 10.5 Å². The van der Waals surface area contributed by atoms with E-state index in [-0.39, 0.29) is 30.8 Å². The molecule has 0 saturated heterocycles. The van der Waals surface area contributed by atoms with Gasteiger partial charge >= 0.3 is 0 Å². The van der Waals surface area contributed by atoms with Crippen molar-refractivity contribution < 1.29 is 23.9 Å². The quantitative estimate of drug-likeness (QED) is 0.482. The van der Waals surface area contributed by atoms with Gasteiger partial charge in [-0.05, 0) is 43.0 Å². The van der Waals surface area contributed by atoms with Crippen molar-refractivity contribution in [1.29, 1.82) is 0 Å². The first kappa shape index (κ1) is 18.3. The van der Waals surface area contributed by atoms with E-state index in [1.165, 1.54) is 0 Å². The first-order chi connectivity index (χ1) is 13.5. The summed E-state index contributed by atoms with van der Waals surface area (Å²) in [5, 5.41) is 1.29. The third-order valence-corrected chi connectivity index (χ3v) is 5.22. The minimum absolute atomic E-state index is 0.156. The summed E-state index contributed by atoms with van der Waals surface area (Å²) in [6, 6.07) is 7.72. The van der Waals surface area contributed by atoms with Gasteiger partial charge in [-0.25, -0.2) is 0 Å². The van der Waals surface area contributed by atoms with Crippen LogP contribution >= 0.6 is 0 Å². The molecule has 2 aromatic carbocycles. The first-order valence-electron chi connectivity index (χ1n) is 9.33. The first-order valence-corrected chi connectivity index (χ1v) is 9.33. The zero-order valence-corrected chi connectivity index (χ0v) is 15.3. The number of Topliss-reactive ketones (excluding diaryl/α,β-unsaturated/α-hetero) is 2. The molecular formula is C21H20N2O5. The summed E-state index contributed by atoms with van der Waals surface area (Å²) in [6.45, 7) is 0.912. The molecule has 7 heteroatoms. The van der Waals surface area contributed by atoms with E-state index in [1.807, 2.05) is 6.07 Å². The second-order valence-electron chi connectivity index (χ2n) is 7.08. The highest BCUT2D eigenvalue weighted by molar-refractivity contribution is 6.27. The minimum Gasteiger partial charge on any atom is -0.494 e. The summed E-state index contributed by atoms with van der Waals surface area (Å²) in [4.78, 5) is 51.2. The fourth-order valence-electron chi connectivity index (χ4n) is 3.87. The van der Waals surface area contributed by atoms with E-state index in [2.05, 4.69) is 0 Å². The smallest absolute Gasteiger partial charge is 0.262 e. The van der Waals surface area contributed by atoms with Gasteiger partial charge in [0.15, 0.2) is 5.78 Å². The lowest BCUT2D eigenvalue weighted by atomic mass is 9.87. The number of carbonyl (C=O) groups excluding carboxylic acids is 4. The molecule has 0 bridgehead atoms. The second-order valence-corrected chi connectivity index (χ2v) is 7.08. The SMILES string of the molecule is NCCCOc1cc2c3c(cccc3c1)C(=O)N(C1CCC(=O)CC1=O)C2=O. The Kier molecular flexibility index (Phi) is 4.68. The molecule has 1 saturated carbocycles. The molecule has 0 spiro atoms. The van der Waals surface area contributed by atoms with Crippen molar-refractivity contribution in [3.05, 3.63) is 41.5 Å². The molecule has 0 radical (unpaired) electrons. The number of ketones is 2. The van der Waals surface area contributed by atoms with E-state index < -0.39 is 17.9 Å². The molecule has 0 aromatic heterocycles. The molecule has 144 valence electrons. The zero-order chi connectivity index (χ0) is 19.8. The molecule has 4 rings (SSSR count). The topological polar surface area (TPSA) is 107 Å². The lowest BCUT2D eigenvalue weighted by molar-refractivity contribution is -0.132. The summed E-state index contributed by atoms with van der Waals surface area (Å²) in [7, 11) is 0. The van der Waals surface area contributed by atoms with Gasteiger partial charge in [0.25, 0.3) is 11.8 Å². The fourth-order valence-corrected chi connectivity index (χ4v) is 3.87. The van der Waals surface area contributed by atoms with Gasteiger partial charge < -0.3 is 10.5 Å². The predicted molar refractivity (Wildman–Crippen MR) is 101 cm³/mol. The Bertz CT molecular complexity index is 1010. The largest absolute Gasteiger partial charge is 0.494 e. The van der Waals surface area contributed by atoms with Crippen LogP contribution in [0.2, 0.25) is 0 Å². The van der Waals surface area contributed by atoms with Crippen LogP contribution in [0.5, 0.6) is 5.75 Å². The molecular weight excluding hydrogens is 360 g/mol. The summed E-state index contributed by atoms with van der Waals surface area (Å²) in [5.74, 6) is -1.04. The number of rotatable bonds is 5. The van der Waals surface area contributed by atoms with Crippen molar-refractivity contribution in [2.75, 3.05) is 13.2 Å². The van der Waals surface area contributed by atoms with Crippen LogP contribution in [-0.4, -0.2) is 47.5 Å². The van der Waals surface area contributed by atoms with Gasteiger partial charge in [0.05, 0.1) is 24.6 Å². The Morgan fingerprint density at radius 3 is 2.61 bits per heavy atom. The maximum absolute atomic E-state index is 13.2. The Morgan fingerprint density at radius 1 is 1.07 bits per heavy atom. The molecule has 1 aliphatic heterocycles. The van der Waals surface area contributed by atoms with Crippen LogP contribution in [0, 0.1) is 0 Å². The van der Waals surface area contributed by atoms with Gasteiger partial charge in [-0.15, -0.1) is 0 Å². The number of imide groups is 1. The Morgan fingerprint density at radius 2 is 1.86 bits per heavy atom. The van der Waals surface area contributed by atoms with Crippen LogP contribution in [0.15, 0.2) is 30.3 Å². The van der Waals surface area contributed by atoms with Gasteiger partial charge in [-0.3, -0.25) is 24.1 Å². The standard InChI is InChI=1S/C21H20N2O5/c22-7-2-8-28-14-9-12-3-1-4-15-19(12)16(11-14)21(27)23(20(15)26)17-6-5-13(24)10-18(17)25/h1,3-4,9,11,17H,2,5-8,10,22H2. The molecule has 1 fully saturated rings. The average molecular weight is 380 g/mol. The van der Waals surface area contributed by atoms with Gasteiger partial charge in [-0.1, -0.05) is 12.1 Å². The van der Waals surface area contributed by atoms with Crippen LogP contribution < -0.4 is 10.5 Å². The number of hydrogen-bond donors (Lipinski definition) is 1. The summed E-state index contributed by atoms with van der Waals surface area (Å²) < 4.78 is 5.70. The number of ether oxygens (including phenoxy) is 1. The maximum atomic E-state index is 13.2. The normalized spacial score (nSPS) is 19.5. The summed E-state index contributed by atoms with van der Waals surface area (Å²) >= 11 is 0. The lowest BCUT2D eigenvalue weighted by Gasteiger charge is -2.34. The van der Waals surface area contributed by atoms with Crippen LogP contribution in [0.1, 0.15) is 46.4 Å². The van der Waals surface area contributed by atoms with E-state index in [0.717, 1.165) is 10.3 Å². The Balaban J connectivity index is 1.78. The van der Waals surface area contributed by atoms with Crippen molar-refractivity contribution in [2.45, 2.75) is 31.7 Å². The molecule has 2 amide bonds. The van der Waals surface area contributed by atoms with Crippen molar-refractivity contribution in [3.8, 4) is 5.75 Å². The average Bonchev–Trinajstić information content (AvgIpc) is 2.67. The monoisotopic (exact) mass is 380 g/mol. The zero-order valence-electron chi connectivity index (χ0n) is 15.3. The molecule has 2 N–H and O–H groups in total. The summed E-state index contributed by atoms with van der Waals surface area (Å²) in [6.07, 6.45) is 0.803. The molecule has 1 atom stereocenters. The van der Waals surface area contributed by atoms with E-state index in [1.54, 1.807) is 24.3 Å². The number of nitrogens with zero attached hydrogens (tertiary/aromatic N) is 1. The van der Waals surface area contributed by atoms with Gasteiger partial charge in [0.2, 0.25) is 0 Å². The maximum Gasteiger partial charge on any atom is 0.262 e. The van der Waals surface area contributed by atoms with E-state index >= 15 is 0 Å². The molecule has 28 heavy (non-hydrogen) atoms. The lowest BCUT2D eigenvalue weighted by Crippen LogP contribution is -2.52. The van der Waals surface area contributed by atoms with Crippen LogP contribution in [0.3, 0.4) is 0 Å². The van der Waals surface area contributed by atoms with Gasteiger partial charge in [0, 0.05) is 17.4 Å². The number of hydrogen-bond acceptors (Lipinski definition) is 6. The predicted octanol–water partition coefficient (Wildman–Crippen LogP) is 1.85. The van der Waals surface area contributed by atoms with Crippen LogP contribution in [0.25, 0.3) is 10.8 Å². The minimum atomic E-state index is -0.900. The number of amides is 2. The molecule has 1 heterocycles. The molecule has 1 aliphatic carbocycles. The third kappa shape index (κ3) is 2.97. The van der Waals surface area contributed by atoms with Crippen molar-refractivity contribution in [3.63, 3.8) is 0 Å². The van der Waals surface area contributed by atoms with E-state index in [9.17, 15) is 19.2 Å². The highest BCUT2D eigenvalue weighted by atomic mass is 16.5. The molecule has 7 nitrogen and oxygen atoms in total. The van der Waals surface area contributed by atoms with Gasteiger partial charge in [0.1, 0.15) is 11.5 Å². The molecule has 1 unspecified atom stereocenters. The number of carbonyl (C=O) groups is 4. The highest BCUT2D eigenvalue weighted by Gasteiger charge is 2.42. The van der Waals surface area contributed by atoms with E-state index in [0.29, 0.717) is 41.8 Å². The number of benzene rings is 2. The van der Waals surface area contributed by atoms with Crippen molar-refractivity contribution in [1.82, 2.24) is 4.90 Å². The third-order valence-electron chi connectivity index (χ3n) is 5.22. The summed E-state index contributed by atoms with van der Waals surface area (Å²) in [5.41, 5.74) is 6.21. The van der Waals surface area contributed by atoms with Crippen molar-refractivity contribution >= 4 is 34.2 Å². The van der Waals surface area contributed by atoms with Crippen LogP contribution in [-0.2, 0) is 9.59 Å². The molecule has 2 aliphatic rings. The molecule has 2 aromatic rings. The number of nitrogens with two attached hydrogens (primary N) is 1. The highest BCUT2D eigenvalue weighted by Crippen LogP contribution is 2.35. The Hall–Kier alpha value is -3.06. The van der Waals surface area contributed by atoms with Crippen molar-refractivity contribution in [2.24, 2.45) is 5.73 Å². The van der Waals surface area contributed by atoms with Gasteiger partial charge in [-0.2, -0.15) is 0 Å². The Labute approximate surface area is 161 Å². The second kappa shape index (κ2) is 7.16. The van der Waals surface area contributed by atoms with Crippen LogP contribution in [0.4, 0.5) is 0 Å².